The second-order valence-electron chi connectivity index (χ2n) is 6.37. The normalized spacial score (nSPS) is 25.2. The standard InChI is InChI=1S/C16H16Cl2N4O3S/c17-9-1-2-11(10(18)5-9)19-16(25)20-3-4-21-12(6-20)14(23)22-8-26-7-13(22)15(21)24/h1-2,5,12-13H,3-4,6-8H2,(H,19,25)/t12-,13+/m1/s1. The minimum Gasteiger partial charge on any atom is -0.325 e. The number of urea groups is 1. The van der Waals surface area contributed by atoms with Gasteiger partial charge in [-0.25, -0.2) is 4.79 Å². The summed E-state index contributed by atoms with van der Waals surface area (Å²) in [4.78, 5) is 42.7. The van der Waals surface area contributed by atoms with Crippen molar-refractivity contribution in [3.63, 3.8) is 0 Å². The molecular formula is C16H16Cl2N4O3S. The molecule has 4 amide bonds. The highest BCUT2D eigenvalue weighted by molar-refractivity contribution is 7.99. The number of amides is 4. The van der Waals surface area contributed by atoms with Gasteiger partial charge >= 0.3 is 6.03 Å². The van der Waals surface area contributed by atoms with Crippen molar-refractivity contribution in [3.8, 4) is 0 Å². The van der Waals surface area contributed by atoms with E-state index in [0.29, 0.717) is 40.5 Å². The van der Waals surface area contributed by atoms with Gasteiger partial charge in [0.1, 0.15) is 12.1 Å². The summed E-state index contributed by atoms with van der Waals surface area (Å²) in [6, 6.07) is 3.49. The fraction of sp³-hybridized carbons (Fsp3) is 0.438. The first-order chi connectivity index (χ1) is 12.5. The van der Waals surface area contributed by atoms with Gasteiger partial charge in [-0.1, -0.05) is 23.2 Å². The summed E-state index contributed by atoms with van der Waals surface area (Å²) in [5.74, 6) is 1.08. The van der Waals surface area contributed by atoms with Gasteiger partial charge in [0.2, 0.25) is 11.8 Å². The van der Waals surface area contributed by atoms with Crippen molar-refractivity contribution >= 4 is 58.5 Å². The van der Waals surface area contributed by atoms with Crippen LogP contribution in [0.15, 0.2) is 18.2 Å². The molecule has 4 rings (SSSR count). The molecule has 26 heavy (non-hydrogen) atoms. The molecule has 0 spiro atoms. The average Bonchev–Trinajstić information content (AvgIpc) is 3.12. The molecular weight excluding hydrogens is 399 g/mol. The molecule has 3 aliphatic heterocycles. The first-order valence-electron chi connectivity index (χ1n) is 8.15. The van der Waals surface area contributed by atoms with Crippen molar-refractivity contribution in [1.82, 2.24) is 14.7 Å². The van der Waals surface area contributed by atoms with E-state index >= 15 is 0 Å². The van der Waals surface area contributed by atoms with Gasteiger partial charge in [0.25, 0.3) is 0 Å². The van der Waals surface area contributed by atoms with E-state index < -0.39 is 6.04 Å². The molecule has 0 radical (unpaired) electrons. The first kappa shape index (κ1) is 17.8. The van der Waals surface area contributed by atoms with Crippen molar-refractivity contribution in [2.45, 2.75) is 12.1 Å². The third-order valence-corrected chi connectivity index (χ3v) is 6.42. The minimum absolute atomic E-state index is 0.0135. The van der Waals surface area contributed by atoms with E-state index in [2.05, 4.69) is 5.32 Å². The number of carbonyl (C=O) groups is 3. The van der Waals surface area contributed by atoms with Crippen LogP contribution in [0.4, 0.5) is 10.5 Å². The van der Waals surface area contributed by atoms with Gasteiger partial charge in [-0.2, -0.15) is 0 Å². The molecule has 2 atom stereocenters. The van der Waals surface area contributed by atoms with Crippen LogP contribution in [0.3, 0.4) is 0 Å². The zero-order valence-corrected chi connectivity index (χ0v) is 16.0. The second kappa shape index (κ2) is 6.83. The summed E-state index contributed by atoms with van der Waals surface area (Å²) < 4.78 is 0. The first-order valence-corrected chi connectivity index (χ1v) is 10.1. The number of rotatable bonds is 1. The van der Waals surface area contributed by atoms with Crippen LogP contribution in [0, 0.1) is 0 Å². The number of nitrogens with zero attached hydrogens (tertiary/aromatic N) is 3. The van der Waals surface area contributed by atoms with Gasteiger partial charge in [0.15, 0.2) is 0 Å². The number of hydrogen-bond acceptors (Lipinski definition) is 4. The van der Waals surface area contributed by atoms with Crippen molar-refractivity contribution < 1.29 is 14.4 Å². The van der Waals surface area contributed by atoms with Crippen molar-refractivity contribution in [1.29, 1.82) is 0 Å². The monoisotopic (exact) mass is 414 g/mol. The Morgan fingerprint density at radius 2 is 1.88 bits per heavy atom. The van der Waals surface area contributed by atoms with E-state index in [9.17, 15) is 14.4 Å². The van der Waals surface area contributed by atoms with Crippen LogP contribution in [-0.4, -0.2) is 75.9 Å². The number of thioether (sulfide) groups is 1. The third-order valence-electron chi connectivity index (χ3n) is 4.86. The van der Waals surface area contributed by atoms with Crippen LogP contribution in [0.1, 0.15) is 0 Å². The quantitative estimate of drug-likeness (QED) is 0.761. The molecule has 10 heteroatoms. The number of nitrogens with one attached hydrogen (secondary N) is 1. The molecule has 1 aromatic carbocycles. The van der Waals surface area contributed by atoms with Crippen LogP contribution < -0.4 is 5.32 Å². The highest BCUT2D eigenvalue weighted by Crippen LogP contribution is 2.31. The molecule has 0 bridgehead atoms. The van der Waals surface area contributed by atoms with Crippen molar-refractivity contribution in [3.05, 3.63) is 28.2 Å². The summed E-state index contributed by atoms with van der Waals surface area (Å²) in [6.45, 7) is 0.897. The molecule has 0 unspecified atom stereocenters. The maximum atomic E-state index is 12.7. The van der Waals surface area contributed by atoms with E-state index in [4.69, 9.17) is 23.2 Å². The average molecular weight is 415 g/mol. The number of carbonyl (C=O) groups excluding carboxylic acids is 3. The molecule has 0 aliphatic carbocycles. The van der Waals surface area contributed by atoms with Crippen LogP contribution in [0.5, 0.6) is 0 Å². The van der Waals surface area contributed by atoms with Crippen molar-refractivity contribution in [2.24, 2.45) is 0 Å². The minimum atomic E-state index is -0.613. The number of benzene rings is 1. The SMILES string of the molecule is O=C(Nc1ccc(Cl)cc1Cl)N1CCN2C(=O)[C@@H]3CSCN3C(=O)[C@H]2C1. The highest BCUT2D eigenvalue weighted by atomic mass is 35.5. The lowest BCUT2D eigenvalue weighted by atomic mass is 10.0. The highest BCUT2D eigenvalue weighted by Gasteiger charge is 2.50. The molecule has 0 saturated carbocycles. The summed E-state index contributed by atoms with van der Waals surface area (Å²) in [7, 11) is 0. The summed E-state index contributed by atoms with van der Waals surface area (Å²) in [5, 5.41) is 3.55. The molecule has 1 aromatic rings. The Hall–Kier alpha value is -1.64. The molecule has 138 valence electrons. The zero-order valence-electron chi connectivity index (χ0n) is 13.7. The van der Waals surface area contributed by atoms with Gasteiger partial charge in [0.05, 0.1) is 23.1 Å². The van der Waals surface area contributed by atoms with Crippen LogP contribution in [0.2, 0.25) is 10.0 Å². The van der Waals surface area contributed by atoms with E-state index in [1.807, 2.05) is 0 Å². The van der Waals surface area contributed by atoms with Crippen LogP contribution in [-0.2, 0) is 9.59 Å². The molecule has 0 aromatic heterocycles. The number of fused-ring (bicyclic) bond motifs is 2. The Morgan fingerprint density at radius 3 is 2.65 bits per heavy atom. The predicted octanol–water partition coefficient (Wildman–Crippen LogP) is 1.95. The smallest absolute Gasteiger partial charge is 0.322 e. The van der Waals surface area contributed by atoms with E-state index in [-0.39, 0.29) is 30.4 Å². The molecule has 3 saturated heterocycles. The number of anilines is 1. The maximum absolute atomic E-state index is 12.7. The lowest BCUT2D eigenvalue weighted by molar-refractivity contribution is -0.161. The number of piperazine rings is 2. The van der Waals surface area contributed by atoms with E-state index in [1.165, 1.54) is 0 Å². The predicted molar refractivity (Wildman–Crippen MR) is 101 cm³/mol. The Morgan fingerprint density at radius 1 is 1.12 bits per heavy atom. The molecule has 7 nitrogen and oxygen atoms in total. The van der Waals surface area contributed by atoms with E-state index in [1.54, 1.807) is 44.7 Å². The Bertz CT molecular complexity index is 793. The van der Waals surface area contributed by atoms with Gasteiger partial charge in [-0.15, -0.1) is 11.8 Å². The third kappa shape index (κ3) is 3.00. The van der Waals surface area contributed by atoms with Crippen molar-refractivity contribution in [2.75, 3.05) is 36.6 Å². The van der Waals surface area contributed by atoms with Crippen LogP contribution >= 0.6 is 35.0 Å². The lowest BCUT2D eigenvalue weighted by Gasteiger charge is -2.47. The fourth-order valence-corrected chi connectivity index (χ4v) is 5.09. The van der Waals surface area contributed by atoms with Gasteiger partial charge < -0.3 is 20.0 Å². The van der Waals surface area contributed by atoms with E-state index in [0.717, 1.165) is 0 Å². The van der Waals surface area contributed by atoms with Gasteiger partial charge in [0, 0.05) is 23.9 Å². The van der Waals surface area contributed by atoms with Crippen LogP contribution in [0.25, 0.3) is 0 Å². The molecule has 3 fully saturated rings. The summed E-state index contributed by atoms with van der Waals surface area (Å²) in [5.41, 5.74) is 0.450. The molecule has 1 N–H and O–H groups in total. The summed E-state index contributed by atoms with van der Waals surface area (Å²) >= 11 is 13.5. The lowest BCUT2D eigenvalue weighted by Crippen LogP contribution is -2.69. The number of hydrogen-bond donors (Lipinski definition) is 1. The largest absolute Gasteiger partial charge is 0.325 e. The maximum Gasteiger partial charge on any atom is 0.322 e. The topological polar surface area (TPSA) is 73.0 Å². The molecule has 3 aliphatic rings. The Labute approximate surface area is 164 Å². The van der Waals surface area contributed by atoms with Gasteiger partial charge in [-0.05, 0) is 18.2 Å². The summed E-state index contributed by atoms with van der Waals surface area (Å²) in [6.07, 6.45) is 0. The number of halogens is 2. The zero-order chi connectivity index (χ0) is 18.4. The second-order valence-corrected chi connectivity index (χ2v) is 8.21. The van der Waals surface area contributed by atoms with Gasteiger partial charge in [-0.3, -0.25) is 9.59 Å². The Balaban J connectivity index is 1.47. The Kier molecular flexibility index (Phi) is 4.66. The molecule has 3 heterocycles. The fourth-order valence-electron chi connectivity index (χ4n) is 3.47.